The fourth-order valence-corrected chi connectivity index (χ4v) is 0.916. The van der Waals surface area contributed by atoms with Crippen molar-refractivity contribution in [2.45, 2.75) is 29.6 Å². The molecule has 0 aliphatic rings. The molecule has 0 rings (SSSR count). The van der Waals surface area contributed by atoms with E-state index >= 15 is 0 Å². The van der Waals surface area contributed by atoms with Crippen LogP contribution in [0.25, 0.3) is 0 Å². The second kappa shape index (κ2) is 17.0. The van der Waals surface area contributed by atoms with E-state index < -0.39 is 39.5 Å². The zero-order chi connectivity index (χ0) is 16.9. The molecule has 20 heavy (non-hydrogen) atoms. The quantitative estimate of drug-likeness (QED) is 0.541. The van der Waals surface area contributed by atoms with E-state index in [-0.39, 0.29) is 0 Å². The van der Waals surface area contributed by atoms with Gasteiger partial charge in [-0.15, -0.1) is 0 Å². The molecule has 0 N–H and O–H groups in total. The first-order valence-corrected chi connectivity index (χ1v) is 24.2. The molecular formula is C12H36B3N3Sn2. The molecule has 0 aromatic heterocycles. The van der Waals surface area contributed by atoms with E-state index in [9.17, 15) is 0 Å². The van der Waals surface area contributed by atoms with Gasteiger partial charge in [-0.25, -0.2) is 0 Å². The molecule has 0 aromatic rings. The van der Waals surface area contributed by atoms with E-state index in [0.717, 1.165) is 0 Å². The summed E-state index contributed by atoms with van der Waals surface area (Å²) in [5.74, 6) is 0. The number of hydrogen-bond donors (Lipinski definition) is 0. The molecule has 116 valence electrons. The Morgan fingerprint density at radius 1 is 0.600 bits per heavy atom. The zero-order valence-electron chi connectivity index (χ0n) is 16.1. The minimum absolute atomic E-state index is 0.370. The molecule has 0 aliphatic heterocycles. The van der Waals surface area contributed by atoms with E-state index in [1.807, 2.05) is 28.2 Å². The molecule has 0 saturated heterocycles. The zero-order valence-corrected chi connectivity index (χ0v) is 21.8. The molecule has 0 atom stereocenters. The van der Waals surface area contributed by atoms with E-state index in [2.05, 4.69) is 72.8 Å². The summed E-state index contributed by atoms with van der Waals surface area (Å²) in [7, 11) is 16.6. The van der Waals surface area contributed by atoms with Gasteiger partial charge in [-0.3, -0.25) is 0 Å². The van der Waals surface area contributed by atoms with Gasteiger partial charge in [0.1, 0.15) is 0 Å². The normalized spacial score (nSPS) is 10.2. The molecule has 3 nitrogen and oxygen atoms in total. The number of nitrogens with zero attached hydrogens (tertiary/aromatic N) is 3. The van der Waals surface area contributed by atoms with E-state index in [1.165, 1.54) is 0 Å². The predicted molar refractivity (Wildman–Crippen MR) is 105 cm³/mol. The first-order chi connectivity index (χ1) is 8.89. The summed E-state index contributed by atoms with van der Waals surface area (Å²) in [6.07, 6.45) is 0. The summed E-state index contributed by atoms with van der Waals surface area (Å²) in [5, 5.41) is 0. The van der Waals surface area contributed by atoms with Crippen molar-refractivity contribution < 1.29 is 0 Å². The Kier molecular flexibility index (Phi) is 22.6. The van der Waals surface area contributed by atoms with Crippen LogP contribution in [0.2, 0.25) is 29.6 Å². The molecule has 4 radical (unpaired) electrons. The van der Waals surface area contributed by atoms with Crippen LogP contribution >= 0.6 is 0 Å². The van der Waals surface area contributed by atoms with Crippen molar-refractivity contribution in [3.8, 4) is 0 Å². The van der Waals surface area contributed by atoms with Crippen molar-refractivity contribution in [2.24, 2.45) is 0 Å². The van der Waals surface area contributed by atoms with Crippen LogP contribution in [0, 0.1) is 0 Å². The first-order valence-electron chi connectivity index (χ1n) is 7.12. The van der Waals surface area contributed by atoms with Crippen LogP contribution in [0.1, 0.15) is 0 Å². The molecule has 0 aromatic carbocycles. The van der Waals surface area contributed by atoms with Crippen LogP contribution in [0.15, 0.2) is 0 Å². The molecule has 0 fully saturated rings. The van der Waals surface area contributed by atoms with Crippen molar-refractivity contribution in [1.82, 2.24) is 14.4 Å². The number of rotatable bonds is 5. The van der Waals surface area contributed by atoms with Gasteiger partial charge in [-0.05, 0) is 42.3 Å². The van der Waals surface area contributed by atoms with Crippen molar-refractivity contribution in [1.29, 1.82) is 0 Å². The third-order valence-corrected chi connectivity index (χ3v) is 1.50. The van der Waals surface area contributed by atoms with E-state index in [0.29, 0.717) is 6.63 Å². The molecule has 0 saturated carbocycles. The molecular weight excluding hydrogens is 456 g/mol. The SMILES string of the molecule is CN(C)[B]B([B]N(C)C)N(C)C.[CH3][Sn]([CH3])[CH3].[CH3][Sn]([CH3])[CH3]. The Bertz CT molecular complexity index is 173. The summed E-state index contributed by atoms with van der Waals surface area (Å²) >= 11 is -1.09. The summed E-state index contributed by atoms with van der Waals surface area (Å²) in [5.41, 5.74) is 0. The standard InChI is InChI=1S/C6H18B3N3.6CH3.2Sn/c1-10(2)7-9(12(5)6)8-11(3)4;;;;;;;;/h1-6H3;6*1H3;;. The summed E-state index contributed by atoms with van der Waals surface area (Å²) < 4.78 is 0. The Morgan fingerprint density at radius 3 is 0.900 bits per heavy atom. The molecule has 0 unspecified atom stereocenters. The van der Waals surface area contributed by atoms with Gasteiger partial charge < -0.3 is 14.4 Å². The maximum atomic E-state index is 2.36. The Hall–Kier alpha value is 1.67. The summed E-state index contributed by atoms with van der Waals surface area (Å²) in [6, 6.07) is 0. The Morgan fingerprint density at radius 2 is 0.800 bits per heavy atom. The minimum atomic E-state index is -0.543. The average Bonchev–Trinajstić information content (AvgIpc) is 2.12. The predicted octanol–water partition coefficient (Wildman–Crippen LogP) is 1.64. The molecule has 0 bridgehead atoms. The van der Waals surface area contributed by atoms with Crippen LogP contribution < -0.4 is 0 Å². The van der Waals surface area contributed by atoms with Gasteiger partial charge in [0.05, 0.1) is 0 Å². The fraction of sp³-hybridized carbons (Fsp3) is 1.00. The number of hydrogen-bond acceptors (Lipinski definition) is 3. The van der Waals surface area contributed by atoms with E-state index in [1.54, 1.807) is 0 Å². The van der Waals surface area contributed by atoms with Gasteiger partial charge in [0.2, 0.25) is 0 Å². The second-order valence-corrected chi connectivity index (χ2v) is 23.8. The molecule has 0 amide bonds. The van der Waals surface area contributed by atoms with Crippen molar-refractivity contribution in [2.75, 3.05) is 42.3 Å². The maximum absolute atomic E-state index is 2.36. The summed E-state index contributed by atoms with van der Waals surface area (Å²) in [6.45, 7) is 0.370. The summed E-state index contributed by atoms with van der Waals surface area (Å²) in [4.78, 5) is 20.5. The van der Waals surface area contributed by atoms with Gasteiger partial charge in [0, 0.05) is 0 Å². The van der Waals surface area contributed by atoms with Gasteiger partial charge in [0.25, 0.3) is 0 Å². The van der Waals surface area contributed by atoms with Crippen molar-refractivity contribution >= 4 is 60.8 Å². The van der Waals surface area contributed by atoms with Crippen molar-refractivity contribution in [3.05, 3.63) is 0 Å². The van der Waals surface area contributed by atoms with Gasteiger partial charge in [0.15, 0.2) is 21.2 Å². The Balaban J connectivity index is -0.000000297. The van der Waals surface area contributed by atoms with Crippen LogP contribution in [0.3, 0.4) is 0 Å². The molecule has 0 aliphatic carbocycles. The average molecular weight is 492 g/mol. The molecule has 0 spiro atoms. The van der Waals surface area contributed by atoms with E-state index in [4.69, 9.17) is 0 Å². The van der Waals surface area contributed by atoms with Gasteiger partial charge in [-0.2, -0.15) is 0 Å². The third kappa shape index (κ3) is 36.7. The molecule has 8 heteroatoms. The van der Waals surface area contributed by atoms with Crippen LogP contribution in [0.5, 0.6) is 0 Å². The van der Waals surface area contributed by atoms with Crippen molar-refractivity contribution in [3.63, 3.8) is 0 Å². The molecule has 0 heterocycles. The van der Waals surface area contributed by atoms with Crippen LogP contribution in [-0.4, -0.2) is 117 Å². The van der Waals surface area contributed by atoms with Gasteiger partial charge >= 0.3 is 69.2 Å². The van der Waals surface area contributed by atoms with Crippen LogP contribution in [0.4, 0.5) is 0 Å². The first kappa shape index (κ1) is 26.6. The topological polar surface area (TPSA) is 9.72 Å². The van der Waals surface area contributed by atoms with Crippen LogP contribution in [-0.2, 0) is 0 Å². The van der Waals surface area contributed by atoms with Gasteiger partial charge in [-0.1, -0.05) is 0 Å². The monoisotopic (exact) mass is 495 g/mol. The Labute approximate surface area is 146 Å². The second-order valence-electron chi connectivity index (χ2n) is 6.68. The third-order valence-electron chi connectivity index (χ3n) is 1.50. The fourth-order valence-electron chi connectivity index (χ4n) is 0.916.